The Morgan fingerprint density at radius 2 is 2.07 bits per heavy atom. The lowest BCUT2D eigenvalue weighted by molar-refractivity contribution is -0.110. The van der Waals surface area contributed by atoms with Gasteiger partial charge in [0.15, 0.2) is 5.13 Å². The molecule has 3 N–H and O–H groups in total. The number of benzene rings is 2. The zero-order chi connectivity index (χ0) is 19.8. The molecule has 0 saturated heterocycles. The van der Waals surface area contributed by atoms with Crippen molar-refractivity contribution in [1.82, 2.24) is 9.97 Å². The number of carbonyl (C=O) groups excluding carboxylic acids is 1. The van der Waals surface area contributed by atoms with Crippen molar-refractivity contribution in [3.63, 3.8) is 0 Å². The molecule has 3 heterocycles. The van der Waals surface area contributed by atoms with Gasteiger partial charge in [-0.1, -0.05) is 42.2 Å². The largest absolute Gasteiger partial charge is 0.361 e. The molecule has 0 saturated carbocycles. The van der Waals surface area contributed by atoms with Crippen molar-refractivity contribution < 1.29 is 4.79 Å². The molecule has 4 aromatic rings. The van der Waals surface area contributed by atoms with Crippen LogP contribution in [0.15, 0.2) is 61.4 Å². The van der Waals surface area contributed by atoms with Crippen molar-refractivity contribution in [3.8, 4) is 10.4 Å². The maximum Gasteiger partial charge on any atom is 0.255 e. The molecule has 0 radical (unpaired) electrons. The Kier molecular flexibility index (Phi) is 4.41. The number of thiazole rings is 1. The maximum atomic E-state index is 11.8. The summed E-state index contributed by atoms with van der Waals surface area (Å²) in [7, 11) is 0. The first kappa shape index (κ1) is 17.7. The minimum atomic E-state index is -0.126. The molecular weight excluding hydrogens is 380 g/mol. The van der Waals surface area contributed by atoms with Crippen molar-refractivity contribution in [3.05, 3.63) is 72.6 Å². The van der Waals surface area contributed by atoms with Crippen molar-refractivity contribution in [2.45, 2.75) is 12.8 Å². The van der Waals surface area contributed by atoms with E-state index in [9.17, 15) is 4.79 Å². The lowest BCUT2D eigenvalue weighted by atomic mass is 10.0. The summed E-state index contributed by atoms with van der Waals surface area (Å²) < 4.78 is 0. The van der Waals surface area contributed by atoms with Crippen LogP contribution in [0.5, 0.6) is 0 Å². The Labute approximate surface area is 172 Å². The van der Waals surface area contributed by atoms with E-state index in [1.54, 1.807) is 11.3 Å². The van der Waals surface area contributed by atoms with Gasteiger partial charge in [-0.25, -0.2) is 4.98 Å². The van der Waals surface area contributed by atoms with Crippen LogP contribution >= 0.6 is 11.3 Å². The SMILES string of the molecule is C=C1C(=O)Nc2ccc(-c3cnc(NCCCc4c[nH]c5ccccc45)s3)cc21. The highest BCUT2D eigenvalue weighted by molar-refractivity contribution is 7.18. The molecule has 0 unspecified atom stereocenters. The van der Waals surface area contributed by atoms with Crippen molar-refractivity contribution >= 4 is 44.5 Å². The molecular formula is C23H20N4OS. The number of hydrogen-bond acceptors (Lipinski definition) is 4. The van der Waals surface area contributed by atoms with Crippen LogP contribution in [0.1, 0.15) is 17.5 Å². The standard InChI is InChI=1S/C23H20N4OS/c1-14-18-11-15(8-9-20(18)27-22(14)28)21-13-26-23(29-21)24-10-4-5-16-12-25-19-7-3-2-6-17(16)19/h2-3,6-9,11-13,25H,1,4-5,10H2,(H,24,26)(H,27,28). The second kappa shape index (κ2) is 7.22. The molecule has 0 spiro atoms. The van der Waals surface area contributed by atoms with Gasteiger partial charge in [0.2, 0.25) is 0 Å². The Morgan fingerprint density at radius 3 is 3.00 bits per heavy atom. The number of H-pyrrole nitrogens is 1. The van der Waals surface area contributed by atoms with Crippen LogP contribution in [-0.2, 0) is 11.2 Å². The minimum Gasteiger partial charge on any atom is -0.361 e. The first-order valence-electron chi connectivity index (χ1n) is 9.59. The van der Waals surface area contributed by atoms with E-state index < -0.39 is 0 Å². The lowest BCUT2D eigenvalue weighted by Gasteiger charge is -2.03. The van der Waals surface area contributed by atoms with E-state index in [0.717, 1.165) is 46.2 Å². The Bertz CT molecular complexity index is 1240. The molecule has 1 aliphatic rings. The average molecular weight is 401 g/mol. The molecule has 0 fully saturated rings. The number of anilines is 2. The van der Waals surface area contributed by atoms with Gasteiger partial charge in [0.05, 0.1) is 4.88 Å². The second-order valence-electron chi connectivity index (χ2n) is 7.11. The number of aromatic nitrogens is 2. The van der Waals surface area contributed by atoms with Crippen LogP contribution in [-0.4, -0.2) is 22.4 Å². The van der Waals surface area contributed by atoms with Crippen LogP contribution in [0.3, 0.4) is 0 Å². The van der Waals surface area contributed by atoms with Gasteiger partial charge in [-0.15, -0.1) is 0 Å². The molecule has 2 aromatic carbocycles. The normalized spacial score (nSPS) is 13.0. The fraction of sp³-hybridized carbons (Fsp3) is 0.130. The molecule has 1 amide bonds. The van der Waals surface area contributed by atoms with E-state index in [1.807, 2.05) is 24.4 Å². The summed E-state index contributed by atoms with van der Waals surface area (Å²) in [5.74, 6) is -0.126. The highest BCUT2D eigenvalue weighted by atomic mass is 32.1. The van der Waals surface area contributed by atoms with Crippen molar-refractivity contribution in [2.24, 2.45) is 0 Å². The molecule has 2 aromatic heterocycles. The molecule has 5 rings (SSSR count). The fourth-order valence-electron chi connectivity index (χ4n) is 3.68. The van der Waals surface area contributed by atoms with E-state index in [2.05, 4.69) is 57.6 Å². The van der Waals surface area contributed by atoms with Crippen LogP contribution in [0, 0.1) is 0 Å². The fourth-order valence-corrected chi connectivity index (χ4v) is 4.52. The summed E-state index contributed by atoms with van der Waals surface area (Å²) in [6, 6.07) is 14.3. The predicted octanol–water partition coefficient (Wildman–Crippen LogP) is 5.30. The molecule has 144 valence electrons. The number of amides is 1. The molecule has 0 aliphatic carbocycles. The van der Waals surface area contributed by atoms with Gasteiger partial charge < -0.3 is 15.6 Å². The third kappa shape index (κ3) is 3.32. The molecule has 6 heteroatoms. The van der Waals surface area contributed by atoms with Crippen LogP contribution in [0.4, 0.5) is 10.8 Å². The number of aromatic amines is 1. The van der Waals surface area contributed by atoms with E-state index in [0.29, 0.717) is 5.57 Å². The monoisotopic (exact) mass is 400 g/mol. The minimum absolute atomic E-state index is 0.126. The maximum absolute atomic E-state index is 11.8. The lowest BCUT2D eigenvalue weighted by Crippen LogP contribution is -2.02. The zero-order valence-electron chi connectivity index (χ0n) is 15.8. The number of nitrogens with zero attached hydrogens (tertiary/aromatic N) is 1. The van der Waals surface area contributed by atoms with E-state index in [-0.39, 0.29) is 5.91 Å². The van der Waals surface area contributed by atoms with E-state index in [1.165, 1.54) is 16.5 Å². The number of aryl methyl sites for hydroxylation is 1. The number of carbonyl (C=O) groups is 1. The molecule has 0 bridgehead atoms. The smallest absolute Gasteiger partial charge is 0.255 e. The number of rotatable bonds is 6. The second-order valence-corrected chi connectivity index (χ2v) is 8.14. The van der Waals surface area contributed by atoms with Crippen molar-refractivity contribution in [1.29, 1.82) is 0 Å². The summed E-state index contributed by atoms with van der Waals surface area (Å²) in [5.41, 5.74) is 5.79. The summed E-state index contributed by atoms with van der Waals surface area (Å²) in [4.78, 5) is 20.7. The van der Waals surface area contributed by atoms with Gasteiger partial charge in [0.1, 0.15) is 0 Å². The number of para-hydroxylation sites is 1. The summed E-state index contributed by atoms with van der Waals surface area (Å²) in [6.45, 7) is 4.73. The van der Waals surface area contributed by atoms with Crippen LogP contribution in [0.25, 0.3) is 26.9 Å². The van der Waals surface area contributed by atoms with Gasteiger partial charge in [-0.2, -0.15) is 0 Å². The predicted molar refractivity (Wildman–Crippen MR) is 120 cm³/mol. The summed E-state index contributed by atoms with van der Waals surface area (Å²) in [6.07, 6.45) is 6.03. The quantitative estimate of drug-likeness (QED) is 0.304. The Morgan fingerprint density at radius 1 is 1.17 bits per heavy atom. The topological polar surface area (TPSA) is 69.8 Å². The Hall–Kier alpha value is -3.38. The van der Waals surface area contributed by atoms with Gasteiger partial charge >= 0.3 is 0 Å². The van der Waals surface area contributed by atoms with Gasteiger partial charge in [-0.3, -0.25) is 4.79 Å². The average Bonchev–Trinajstić information content (AvgIpc) is 3.44. The van der Waals surface area contributed by atoms with E-state index in [4.69, 9.17) is 0 Å². The van der Waals surface area contributed by atoms with Crippen molar-refractivity contribution in [2.75, 3.05) is 17.2 Å². The molecule has 5 nitrogen and oxygen atoms in total. The van der Waals surface area contributed by atoms with Crippen LogP contribution in [0.2, 0.25) is 0 Å². The van der Waals surface area contributed by atoms with Gasteiger partial charge in [0.25, 0.3) is 5.91 Å². The first-order valence-corrected chi connectivity index (χ1v) is 10.4. The molecule has 29 heavy (non-hydrogen) atoms. The van der Waals surface area contributed by atoms with Crippen LogP contribution < -0.4 is 10.6 Å². The summed E-state index contributed by atoms with van der Waals surface area (Å²) >= 11 is 1.62. The zero-order valence-corrected chi connectivity index (χ0v) is 16.6. The van der Waals surface area contributed by atoms with E-state index >= 15 is 0 Å². The highest BCUT2D eigenvalue weighted by Crippen LogP contribution is 2.36. The third-order valence-corrected chi connectivity index (χ3v) is 6.24. The highest BCUT2D eigenvalue weighted by Gasteiger charge is 2.22. The summed E-state index contributed by atoms with van der Waals surface area (Å²) in [5, 5.41) is 8.46. The van der Waals surface area contributed by atoms with Gasteiger partial charge in [-0.05, 0) is 42.2 Å². The molecule has 1 aliphatic heterocycles. The third-order valence-electron chi connectivity index (χ3n) is 5.23. The first-order chi connectivity index (χ1) is 14.2. The number of fused-ring (bicyclic) bond motifs is 2. The molecule has 0 atom stereocenters. The van der Waals surface area contributed by atoms with Gasteiger partial charge in [0, 0.05) is 46.7 Å². The number of nitrogens with one attached hydrogen (secondary N) is 3. The Balaban J connectivity index is 1.21. The number of hydrogen-bond donors (Lipinski definition) is 3.